The lowest BCUT2D eigenvalue weighted by Gasteiger charge is -2.36. The lowest BCUT2D eigenvalue weighted by Crippen LogP contribution is -2.30. The van der Waals surface area contributed by atoms with Gasteiger partial charge in [-0.2, -0.15) is 0 Å². The van der Waals surface area contributed by atoms with Crippen LogP contribution in [0.2, 0.25) is 0 Å². The van der Waals surface area contributed by atoms with E-state index in [0.717, 1.165) is 21.7 Å². The number of nitrogens with zero attached hydrogens (tertiary/aromatic N) is 1. The summed E-state index contributed by atoms with van der Waals surface area (Å²) < 4.78 is -2.19. The molecule has 148 valence electrons. The van der Waals surface area contributed by atoms with Crippen LogP contribution in [0, 0.1) is 0 Å². The maximum absolute atomic E-state index is 7.03. The molecule has 1 saturated heterocycles. The summed E-state index contributed by atoms with van der Waals surface area (Å²) in [5.41, 5.74) is 2.43. The van der Waals surface area contributed by atoms with Crippen LogP contribution in [0.3, 0.4) is 0 Å². The number of fused-ring (bicyclic) bond motifs is 3. The number of alkyl halides is 4. The Balaban J connectivity index is 1.76. The predicted octanol–water partition coefficient (Wildman–Crippen LogP) is 7.94. The van der Waals surface area contributed by atoms with E-state index in [1.54, 1.807) is 0 Å². The van der Waals surface area contributed by atoms with E-state index in [9.17, 15) is 0 Å². The highest BCUT2D eigenvalue weighted by atomic mass is 35.5. The second-order valence-corrected chi connectivity index (χ2v) is 11.8. The Kier molecular flexibility index (Phi) is 4.81. The molecule has 2 aliphatic rings. The second kappa shape index (κ2) is 7.00. The average Bonchev–Trinajstić information content (AvgIpc) is 3.21. The maximum Gasteiger partial charge on any atom is 0.219 e. The monoisotopic (exact) mass is 479 g/mol. The maximum atomic E-state index is 7.03. The van der Waals surface area contributed by atoms with Gasteiger partial charge in [-0.1, -0.05) is 131 Å². The Labute approximate surface area is 194 Å². The molecule has 0 saturated carbocycles. The minimum Gasteiger partial charge on any atom is -0.322 e. The molecule has 2 heterocycles. The molecule has 0 aromatic heterocycles. The van der Waals surface area contributed by atoms with Gasteiger partial charge in [0.1, 0.15) is 5.54 Å². The van der Waals surface area contributed by atoms with Crippen molar-refractivity contribution in [1.29, 1.82) is 0 Å². The molecule has 2 atom stereocenters. The van der Waals surface area contributed by atoms with Crippen molar-refractivity contribution in [1.82, 2.24) is 0 Å². The lowest BCUT2D eigenvalue weighted by atomic mass is 9.84. The molecule has 0 unspecified atom stereocenters. The Morgan fingerprint density at radius 3 is 2.03 bits per heavy atom. The number of para-hydroxylation sites is 1. The number of anilines is 1. The molecule has 6 heteroatoms. The number of benzene rings is 3. The third-order valence-corrected chi connectivity index (χ3v) is 8.90. The molecule has 3 aromatic rings. The molecule has 29 heavy (non-hydrogen) atoms. The highest BCUT2D eigenvalue weighted by Gasteiger charge is 2.77. The zero-order chi connectivity index (χ0) is 20.3. The molecular weight excluding hydrogens is 464 g/mol. The largest absolute Gasteiger partial charge is 0.322 e. The molecule has 2 aliphatic heterocycles. The van der Waals surface area contributed by atoms with Crippen LogP contribution in [0.4, 0.5) is 5.69 Å². The molecule has 1 fully saturated rings. The van der Waals surface area contributed by atoms with Gasteiger partial charge in [-0.3, -0.25) is 0 Å². The van der Waals surface area contributed by atoms with Crippen LogP contribution in [0.15, 0.2) is 89.8 Å². The minimum atomic E-state index is -1.10. The molecule has 0 bridgehead atoms. The summed E-state index contributed by atoms with van der Waals surface area (Å²) in [7, 11) is 0. The fraction of sp³-hybridized carbons (Fsp3) is 0.217. The normalized spacial score (nSPS) is 26.6. The summed E-state index contributed by atoms with van der Waals surface area (Å²) >= 11 is 29.5. The number of halogens is 4. The Hall–Kier alpha value is -1.03. The third-order valence-electron chi connectivity index (χ3n) is 5.82. The second-order valence-electron chi connectivity index (χ2n) is 7.40. The van der Waals surface area contributed by atoms with Crippen molar-refractivity contribution < 1.29 is 0 Å². The first-order valence-corrected chi connectivity index (χ1v) is 11.7. The topological polar surface area (TPSA) is 3.01 Å². The van der Waals surface area contributed by atoms with Crippen LogP contribution in [-0.2, 0) is 5.54 Å². The summed E-state index contributed by atoms with van der Waals surface area (Å²) in [5, 5.41) is 0. The molecular formula is C23H17Cl4NS. The molecule has 0 radical (unpaired) electrons. The third kappa shape index (κ3) is 2.99. The fourth-order valence-electron chi connectivity index (χ4n) is 4.41. The van der Waals surface area contributed by atoms with Crippen molar-refractivity contribution in [2.75, 3.05) is 4.90 Å². The fourth-order valence-corrected chi connectivity index (χ4v) is 7.31. The van der Waals surface area contributed by atoms with E-state index in [1.165, 1.54) is 11.8 Å². The average molecular weight is 481 g/mol. The first-order valence-electron chi connectivity index (χ1n) is 9.32. The van der Waals surface area contributed by atoms with Crippen LogP contribution in [0.25, 0.3) is 0 Å². The smallest absolute Gasteiger partial charge is 0.219 e. The molecule has 0 aliphatic carbocycles. The van der Waals surface area contributed by atoms with Gasteiger partial charge in [0.2, 0.25) is 4.46 Å². The van der Waals surface area contributed by atoms with Gasteiger partial charge in [0.15, 0.2) is 3.67 Å². The highest BCUT2D eigenvalue weighted by molar-refractivity contribution is 8.03. The first-order chi connectivity index (χ1) is 13.9. The quantitative estimate of drug-likeness (QED) is 0.208. The molecule has 5 rings (SSSR count). The molecule has 0 amide bonds. The standard InChI is InChI=1S/C23H17Cl4NS/c24-22(25)18(16-9-3-1-4-10-16)15-21(17-11-5-2-6-12-17)23(26,27)28(21)19-13-7-8-14-20(19)29-22/h1-14,18H,15H2/t18-,21+,28?/m1/s1. The Morgan fingerprint density at radius 1 is 0.759 bits per heavy atom. The molecule has 1 nitrogen and oxygen atoms in total. The lowest BCUT2D eigenvalue weighted by molar-refractivity contribution is 0.519. The summed E-state index contributed by atoms with van der Waals surface area (Å²) in [4.78, 5) is 3.06. The number of hydrogen-bond acceptors (Lipinski definition) is 2. The van der Waals surface area contributed by atoms with Gasteiger partial charge in [-0.25, -0.2) is 0 Å². The Morgan fingerprint density at radius 2 is 1.34 bits per heavy atom. The summed E-state index contributed by atoms with van der Waals surface area (Å²) in [6.07, 6.45) is 0.586. The summed E-state index contributed by atoms with van der Waals surface area (Å²) in [5.74, 6) is -0.188. The van der Waals surface area contributed by atoms with Crippen molar-refractivity contribution in [2.45, 2.75) is 30.9 Å². The summed E-state index contributed by atoms with van der Waals surface area (Å²) in [6, 6.07) is 28.3. The Bertz CT molecular complexity index is 1040. The van der Waals surface area contributed by atoms with Crippen molar-refractivity contribution in [3.8, 4) is 0 Å². The zero-order valence-electron chi connectivity index (χ0n) is 15.2. The van der Waals surface area contributed by atoms with Crippen molar-refractivity contribution in [2.24, 2.45) is 0 Å². The molecule has 3 aromatic carbocycles. The molecule has 0 spiro atoms. The van der Waals surface area contributed by atoms with Crippen molar-refractivity contribution in [3.63, 3.8) is 0 Å². The first kappa shape index (κ1) is 19.9. The van der Waals surface area contributed by atoms with Gasteiger partial charge in [0.05, 0.1) is 5.69 Å². The van der Waals surface area contributed by atoms with E-state index in [1.807, 2.05) is 60.7 Å². The van der Waals surface area contributed by atoms with E-state index in [-0.39, 0.29) is 5.92 Å². The van der Waals surface area contributed by atoms with Crippen LogP contribution >= 0.6 is 58.2 Å². The molecule has 0 N–H and O–H groups in total. The van der Waals surface area contributed by atoms with Gasteiger partial charge in [0, 0.05) is 10.8 Å². The van der Waals surface area contributed by atoms with E-state index in [4.69, 9.17) is 46.4 Å². The van der Waals surface area contributed by atoms with Crippen LogP contribution in [0.1, 0.15) is 23.5 Å². The van der Waals surface area contributed by atoms with Crippen LogP contribution < -0.4 is 4.90 Å². The highest BCUT2D eigenvalue weighted by Crippen LogP contribution is 2.73. The van der Waals surface area contributed by atoms with Crippen LogP contribution in [-0.4, -0.2) is 8.12 Å². The van der Waals surface area contributed by atoms with Crippen molar-refractivity contribution >= 4 is 63.9 Å². The van der Waals surface area contributed by atoms with Gasteiger partial charge in [0.25, 0.3) is 0 Å². The van der Waals surface area contributed by atoms with Gasteiger partial charge in [-0.15, -0.1) is 0 Å². The number of thioether (sulfide) groups is 1. The van der Waals surface area contributed by atoms with Gasteiger partial charge < -0.3 is 4.90 Å². The number of hydrogen-bond donors (Lipinski definition) is 0. The zero-order valence-corrected chi connectivity index (χ0v) is 19.1. The van der Waals surface area contributed by atoms with Gasteiger partial charge in [-0.05, 0) is 29.7 Å². The number of rotatable bonds is 2. The SMILES string of the molecule is ClC1(Cl)Sc2ccccc2N2C(Cl)(Cl)[C@@]2(c2ccccc2)C[C@@H]1c1ccccc1. The van der Waals surface area contributed by atoms with Gasteiger partial charge >= 0.3 is 0 Å². The van der Waals surface area contributed by atoms with E-state index < -0.39 is 13.7 Å². The van der Waals surface area contributed by atoms with E-state index in [0.29, 0.717) is 6.42 Å². The van der Waals surface area contributed by atoms with Crippen LogP contribution in [0.5, 0.6) is 0 Å². The minimum absolute atomic E-state index is 0.188. The predicted molar refractivity (Wildman–Crippen MR) is 126 cm³/mol. The summed E-state index contributed by atoms with van der Waals surface area (Å²) in [6.45, 7) is 0. The van der Waals surface area contributed by atoms with Crippen molar-refractivity contribution in [3.05, 3.63) is 96.1 Å². The van der Waals surface area contributed by atoms with E-state index in [2.05, 4.69) is 29.2 Å². The van der Waals surface area contributed by atoms with E-state index >= 15 is 0 Å².